The number of nitrogens with zero attached hydrogens (tertiary/aromatic N) is 1. The summed E-state index contributed by atoms with van der Waals surface area (Å²) in [6.45, 7) is 3.70. The van der Waals surface area contributed by atoms with Crippen molar-refractivity contribution in [1.29, 1.82) is 0 Å². The molecule has 0 aromatic heterocycles. The van der Waals surface area contributed by atoms with E-state index in [0.717, 1.165) is 6.42 Å². The molecule has 0 spiro atoms. The zero-order valence-electron chi connectivity index (χ0n) is 15.5. The number of nitrogens with one attached hydrogen (secondary N) is 2. The summed E-state index contributed by atoms with van der Waals surface area (Å²) in [7, 11) is -1.31. The van der Waals surface area contributed by atoms with Crippen molar-refractivity contribution < 1.29 is 17.9 Å². The van der Waals surface area contributed by atoms with Crippen molar-refractivity contribution >= 4 is 27.4 Å². The highest BCUT2D eigenvalue weighted by molar-refractivity contribution is 7.90. The standard InChI is InChI=1S/C17H28ClN3O4S/c1-4-14(25-16-8-6-5-7-15(16)18)13-21-17(19-2)20-9-10-24-11-12-26(3,22)23/h5-8,14H,4,9-13H2,1-3H3,(H2,19,20,21). The Morgan fingerprint density at radius 1 is 1.27 bits per heavy atom. The fourth-order valence-corrected chi connectivity index (χ4v) is 2.58. The Hall–Kier alpha value is -1.51. The van der Waals surface area contributed by atoms with Gasteiger partial charge in [-0.1, -0.05) is 30.7 Å². The van der Waals surface area contributed by atoms with E-state index < -0.39 is 9.84 Å². The summed E-state index contributed by atoms with van der Waals surface area (Å²) in [4.78, 5) is 4.14. The van der Waals surface area contributed by atoms with Gasteiger partial charge >= 0.3 is 0 Å². The fourth-order valence-electron chi connectivity index (χ4n) is 1.97. The number of sulfone groups is 1. The number of benzene rings is 1. The Bertz CT molecular complexity index is 668. The molecule has 0 radical (unpaired) electrons. The highest BCUT2D eigenvalue weighted by Crippen LogP contribution is 2.24. The second kappa shape index (κ2) is 12.0. The molecule has 0 aliphatic carbocycles. The summed E-state index contributed by atoms with van der Waals surface area (Å²) in [5.74, 6) is 1.31. The summed E-state index contributed by atoms with van der Waals surface area (Å²) in [5, 5.41) is 6.88. The van der Waals surface area contributed by atoms with Gasteiger partial charge in [0.25, 0.3) is 0 Å². The van der Waals surface area contributed by atoms with Gasteiger partial charge in [0, 0.05) is 19.8 Å². The molecule has 0 aliphatic heterocycles. The number of hydrogen-bond donors (Lipinski definition) is 2. The average molecular weight is 406 g/mol. The van der Waals surface area contributed by atoms with Crippen molar-refractivity contribution in [3.63, 3.8) is 0 Å². The summed E-state index contributed by atoms with van der Waals surface area (Å²) in [6.07, 6.45) is 1.94. The van der Waals surface area contributed by atoms with Crippen LogP contribution in [0.5, 0.6) is 5.75 Å². The predicted molar refractivity (Wildman–Crippen MR) is 106 cm³/mol. The van der Waals surface area contributed by atoms with Crippen molar-refractivity contribution in [3.8, 4) is 5.75 Å². The van der Waals surface area contributed by atoms with Crippen molar-refractivity contribution in [2.24, 2.45) is 4.99 Å². The molecule has 148 valence electrons. The van der Waals surface area contributed by atoms with Gasteiger partial charge in [0.15, 0.2) is 5.96 Å². The highest BCUT2D eigenvalue weighted by atomic mass is 35.5. The van der Waals surface area contributed by atoms with E-state index in [1.165, 1.54) is 6.26 Å². The van der Waals surface area contributed by atoms with Gasteiger partial charge in [-0.15, -0.1) is 0 Å². The fraction of sp³-hybridized carbons (Fsp3) is 0.588. The minimum atomic E-state index is -2.99. The number of rotatable bonds is 11. The largest absolute Gasteiger partial charge is 0.487 e. The molecule has 0 saturated carbocycles. The van der Waals surface area contributed by atoms with Crippen LogP contribution >= 0.6 is 11.6 Å². The van der Waals surface area contributed by atoms with Crippen LogP contribution < -0.4 is 15.4 Å². The maximum atomic E-state index is 11.0. The van der Waals surface area contributed by atoms with Crippen LogP contribution in [-0.2, 0) is 14.6 Å². The van der Waals surface area contributed by atoms with E-state index in [4.69, 9.17) is 21.1 Å². The van der Waals surface area contributed by atoms with E-state index in [2.05, 4.69) is 15.6 Å². The van der Waals surface area contributed by atoms with Gasteiger partial charge in [0.2, 0.25) is 0 Å². The number of aliphatic imine (C=N–C) groups is 1. The maximum absolute atomic E-state index is 11.0. The van der Waals surface area contributed by atoms with E-state index in [0.29, 0.717) is 36.4 Å². The number of para-hydroxylation sites is 1. The molecule has 0 aliphatic rings. The van der Waals surface area contributed by atoms with E-state index in [-0.39, 0.29) is 18.5 Å². The van der Waals surface area contributed by atoms with E-state index in [9.17, 15) is 8.42 Å². The van der Waals surface area contributed by atoms with Crippen molar-refractivity contribution in [2.45, 2.75) is 19.4 Å². The lowest BCUT2D eigenvalue weighted by molar-refractivity contribution is 0.153. The SMILES string of the molecule is CCC(CNC(=NC)NCCOCCS(C)(=O)=O)Oc1ccccc1Cl. The minimum Gasteiger partial charge on any atom is -0.487 e. The van der Waals surface area contributed by atoms with Crippen LogP contribution in [0.4, 0.5) is 0 Å². The molecule has 26 heavy (non-hydrogen) atoms. The van der Waals surface area contributed by atoms with Crippen molar-refractivity contribution in [1.82, 2.24) is 10.6 Å². The zero-order valence-corrected chi connectivity index (χ0v) is 17.1. The van der Waals surface area contributed by atoms with Gasteiger partial charge in [-0.05, 0) is 18.6 Å². The van der Waals surface area contributed by atoms with Crippen LogP contribution in [0.3, 0.4) is 0 Å². The van der Waals surface area contributed by atoms with Crippen LogP contribution in [0.2, 0.25) is 5.02 Å². The van der Waals surface area contributed by atoms with Crippen LogP contribution in [0.25, 0.3) is 0 Å². The molecule has 0 saturated heterocycles. The third-order valence-electron chi connectivity index (χ3n) is 3.44. The zero-order chi connectivity index (χ0) is 19.4. The van der Waals surface area contributed by atoms with Gasteiger partial charge in [-0.25, -0.2) is 8.42 Å². The lowest BCUT2D eigenvalue weighted by atomic mass is 10.2. The lowest BCUT2D eigenvalue weighted by Gasteiger charge is -2.20. The quantitative estimate of drug-likeness (QED) is 0.331. The molecule has 0 amide bonds. The van der Waals surface area contributed by atoms with Crippen molar-refractivity contribution in [3.05, 3.63) is 29.3 Å². The van der Waals surface area contributed by atoms with Gasteiger partial charge in [0.1, 0.15) is 21.7 Å². The van der Waals surface area contributed by atoms with Gasteiger partial charge in [-0.3, -0.25) is 4.99 Å². The van der Waals surface area contributed by atoms with E-state index >= 15 is 0 Å². The van der Waals surface area contributed by atoms with Crippen molar-refractivity contribution in [2.75, 3.05) is 45.4 Å². The van der Waals surface area contributed by atoms with E-state index in [1.807, 2.05) is 25.1 Å². The Morgan fingerprint density at radius 3 is 2.62 bits per heavy atom. The minimum absolute atomic E-state index is 0.0253. The second-order valence-electron chi connectivity index (χ2n) is 5.70. The number of halogens is 1. The molecule has 1 aromatic carbocycles. The lowest BCUT2D eigenvalue weighted by Crippen LogP contribution is -2.43. The number of guanidine groups is 1. The molecule has 1 rings (SSSR count). The second-order valence-corrected chi connectivity index (χ2v) is 8.37. The highest BCUT2D eigenvalue weighted by Gasteiger charge is 2.11. The predicted octanol–water partition coefficient (Wildman–Crippen LogP) is 1.72. The number of hydrogen-bond acceptors (Lipinski definition) is 5. The molecular weight excluding hydrogens is 378 g/mol. The Kier molecular flexibility index (Phi) is 10.4. The number of ether oxygens (including phenoxy) is 2. The summed E-state index contributed by atoms with van der Waals surface area (Å²) < 4.78 is 33.2. The molecule has 0 fully saturated rings. The summed E-state index contributed by atoms with van der Waals surface area (Å²) in [6, 6.07) is 7.37. The topological polar surface area (TPSA) is 89.0 Å². The third kappa shape index (κ3) is 9.84. The smallest absolute Gasteiger partial charge is 0.191 e. The van der Waals surface area contributed by atoms with Crippen LogP contribution in [0, 0.1) is 0 Å². The average Bonchev–Trinajstić information content (AvgIpc) is 2.60. The van der Waals surface area contributed by atoms with Crippen LogP contribution in [0.1, 0.15) is 13.3 Å². The molecule has 9 heteroatoms. The molecule has 1 aromatic rings. The van der Waals surface area contributed by atoms with Crippen LogP contribution in [-0.4, -0.2) is 65.8 Å². The molecule has 7 nitrogen and oxygen atoms in total. The Labute approximate surface area is 161 Å². The van der Waals surface area contributed by atoms with Crippen LogP contribution in [0.15, 0.2) is 29.3 Å². The Balaban J connectivity index is 2.30. The molecule has 2 N–H and O–H groups in total. The third-order valence-corrected chi connectivity index (χ3v) is 4.66. The first kappa shape index (κ1) is 22.5. The monoisotopic (exact) mass is 405 g/mol. The summed E-state index contributed by atoms with van der Waals surface area (Å²) in [5.41, 5.74) is 0. The van der Waals surface area contributed by atoms with E-state index in [1.54, 1.807) is 13.1 Å². The molecular formula is C17H28ClN3O4S. The first-order chi connectivity index (χ1) is 12.4. The molecule has 1 unspecified atom stereocenters. The first-order valence-electron chi connectivity index (χ1n) is 8.47. The normalized spacial score (nSPS) is 13.3. The summed E-state index contributed by atoms with van der Waals surface area (Å²) >= 11 is 6.12. The Morgan fingerprint density at radius 2 is 2.00 bits per heavy atom. The molecule has 0 bridgehead atoms. The first-order valence-corrected chi connectivity index (χ1v) is 10.9. The molecule has 1 atom stereocenters. The van der Waals surface area contributed by atoms with Gasteiger partial charge in [-0.2, -0.15) is 0 Å². The maximum Gasteiger partial charge on any atom is 0.191 e. The molecule has 0 heterocycles. The van der Waals surface area contributed by atoms with Gasteiger partial charge in [0.05, 0.1) is 30.5 Å². The van der Waals surface area contributed by atoms with Gasteiger partial charge < -0.3 is 20.1 Å².